The molecule has 0 N–H and O–H groups in total. The van der Waals surface area contributed by atoms with Gasteiger partial charge in [-0.2, -0.15) is 0 Å². The Kier molecular flexibility index (Phi) is 12.3. The molecule has 5 nitrogen and oxygen atoms in total. The van der Waals surface area contributed by atoms with Crippen molar-refractivity contribution in [1.82, 2.24) is 4.57 Å². The lowest BCUT2D eigenvalue weighted by Crippen LogP contribution is -2.61. The van der Waals surface area contributed by atoms with Crippen molar-refractivity contribution in [2.75, 3.05) is 19.6 Å². The zero-order valence-corrected chi connectivity index (χ0v) is 47.3. The summed E-state index contributed by atoms with van der Waals surface area (Å²) in [6, 6.07) is 117. The molecule has 85 heavy (non-hydrogen) atoms. The summed E-state index contributed by atoms with van der Waals surface area (Å²) >= 11 is 5.73. The molecule has 0 fully saturated rings. The molecule has 0 aliphatic carbocycles. The van der Waals surface area contributed by atoms with E-state index in [0.29, 0.717) is 0 Å². The van der Waals surface area contributed by atoms with Crippen LogP contribution in [0.2, 0.25) is 0 Å². The summed E-state index contributed by atoms with van der Waals surface area (Å²) in [7, 11) is 0. The number of hydrogen-bond donors (Lipinski definition) is 1. The molecule has 14 aromatic rings. The van der Waals surface area contributed by atoms with Crippen LogP contribution < -0.4 is 36.0 Å². The first-order valence-electron chi connectivity index (χ1n) is 29.0. The van der Waals surface area contributed by atoms with Crippen LogP contribution in [0.4, 0.5) is 68.2 Å². The predicted octanol–water partition coefficient (Wildman–Crippen LogP) is 19.4. The smallest absolute Gasteiger partial charge is 0.252 e. The number of anilines is 12. The van der Waals surface area contributed by atoms with Gasteiger partial charge in [-0.05, 0) is 143 Å². The largest absolute Gasteiger partial charge is 0.311 e. The van der Waals surface area contributed by atoms with Crippen molar-refractivity contribution >= 4 is 126 Å². The van der Waals surface area contributed by atoms with Crippen LogP contribution in [0.15, 0.2) is 326 Å². The number of fused-ring (bicyclic) bond motifs is 7. The number of benzene rings is 13. The van der Waals surface area contributed by atoms with Gasteiger partial charge < -0.3 is 24.2 Å². The van der Waals surface area contributed by atoms with E-state index in [0.717, 1.165) is 101 Å². The average molecular weight is 1100 g/mol. The normalized spacial score (nSPS) is 12.2. The fourth-order valence-corrected chi connectivity index (χ4v) is 13.7. The van der Waals surface area contributed by atoms with Crippen molar-refractivity contribution in [3.05, 3.63) is 322 Å². The standard InChI is InChI=1S/C78H54BN5S/c85-77-53-73-67(52-74(77)82(68-41-21-16-36-62(68)54-26-6-1-7-27-54)60-48-46-59(47-49-60)81-70-43-23-18-38-64(70)65-39-19-24-44-71(65)81)79-66-40-20-25-45-72(66)83(58-34-14-5-15-35-58)75-50-61(80(56-30-10-3-11-31-56)57-32-12-4-13-33-57)51-76(78(75)79)84(73)69-42-22-17-37-63(69)55-28-8-2-9-29-55/h1-53,85H. The maximum Gasteiger partial charge on any atom is 0.252 e. The first-order chi connectivity index (χ1) is 42.1. The Morgan fingerprint density at radius 1 is 0.294 bits per heavy atom. The van der Waals surface area contributed by atoms with Crippen LogP contribution >= 0.6 is 12.6 Å². The molecule has 0 unspecified atom stereocenters. The molecule has 400 valence electrons. The highest BCUT2D eigenvalue weighted by atomic mass is 32.1. The van der Waals surface area contributed by atoms with Crippen LogP contribution in [0, 0.1) is 0 Å². The van der Waals surface area contributed by atoms with E-state index in [-0.39, 0.29) is 6.71 Å². The molecule has 1 aromatic heterocycles. The molecule has 16 rings (SSSR count). The lowest BCUT2D eigenvalue weighted by molar-refractivity contribution is 1.17. The minimum Gasteiger partial charge on any atom is -0.311 e. The van der Waals surface area contributed by atoms with E-state index >= 15 is 0 Å². The van der Waals surface area contributed by atoms with Gasteiger partial charge in [0.15, 0.2) is 0 Å². The Morgan fingerprint density at radius 3 is 1.41 bits per heavy atom. The second-order valence-electron chi connectivity index (χ2n) is 21.8. The van der Waals surface area contributed by atoms with E-state index in [1.165, 1.54) is 38.2 Å². The third-order valence-corrected chi connectivity index (χ3v) is 17.4. The van der Waals surface area contributed by atoms with Crippen LogP contribution in [0.3, 0.4) is 0 Å². The number of nitrogens with zero attached hydrogens (tertiary/aromatic N) is 5. The van der Waals surface area contributed by atoms with Crippen molar-refractivity contribution in [1.29, 1.82) is 0 Å². The molecule has 0 saturated carbocycles. The fraction of sp³-hybridized carbons (Fsp3) is 0. The Bertz CT molecular complexity index is 4710. The van der Waals surface area contributed by atoms with E-state index in [2.05, 4.69) is 346 Å². The Morgan fingerprint density at radius 2 is 0.776 bits per heavy atom. The van der Waals surface area contributed by atoms with E-state index in [4.69, 9.17) is 12.6 Å². The van der Waals surface area contributed by atoms with Crippen LogP contribution in [-0.2, 0) is 0 Å². The highest BCUT2D eigenvalue weighted by Crippen LogP contribution is 2.52. The molecule has 0 radical (unpaired) electrons. The van der Waals surface area contributed by atoms with E-state index in [9.17, 15) is 0 Å². The van der Waals surface area contributed by atoms with Crippen molar-refractivity contribution in [2.45, 2.75) is 4.90 Å². The summed E-state index contributed by atoms with van der Waals surface area (Å²) in [4.78, 5) is 10.7. The molecular weight excluding hydrogens is 1050 g/mol. The van der Waals surface area contributed by atoms with E-state index in [1.54, 1.807) is 0 Å². The number of aromatic nitrogens is 1. The number of rotatable bonds is 11. The Balaban J connectivity index is 0.986. The highest BCUT2D eigenvalue weighted by molar-refractivity contribution is 7.80. The second-order valence-corrected chi connectivity index (χ2v) is 22.3. The SMILES string of the molecule is Sc1cc2c(cc1N(c1ccc(-n3c4ccccc4c4ccccc43)cc1)c1ccccc1-c1ccccc1)B1c3ccccc3N(c3ccccc3)c3cc(N(c4ccccc4)c4ccccc4)cc(c31)N2c1ccccc1-c1ccccc1. The van der Waals surface area contributed by atoms with Crippen LogP contribution in [0.1, 0.15) is 0 Å². The molecular formula is C78H54BN5S. The van der Waals surface area contributed by atoms with Gasteiger partial charge in [0.1, 0.15) is 0 Å². The van der Waals surface area contributed by atoms with E-state index < -0.39 is 0 Å². The monoisotopic (exact) mass is 1100 g/mol. The van der Waals surface area contributed by atoms with Crippen molar-refractivity contribution < 1.29 is 0 Å². The van der Waals surface area contributed by atoms with Gasteiger partial charge in [-0.1, -0.05) is 206 Å². The van der Waals surface area contributed by atoms with Gasteiger partial charge in [0.25, 0.3) is 6.71 Å². The van der Waals surface area contributed by atoms with Gasteiger partial charge in [0.2, 0.25) is 0 Å². The molecule has 0 atom stereocenters. The average Bonchev–Trinajstić information content (AvgIpc) is 1.45. The van der Waals surface area contributed by atoms with Gasteiger partial charge in [0, 0.05) is 78.0 Å². The summed E-state index contributed by atoms with van der Waals surface area (Å²) in [6.07, 6.45) is 0. The third-order valence-electron chi connectivity index (χ3n) is 17.0. The molecule has 3 heterocycles. The molecule has 2 aliphatic rings. The summed E-state index contributed by atoms with van der Waals surface area (Å²) in [6.45, 7) is -0.205. The minimum absolute atomic E-state index is 0.205. The molecule has 0 amide bonds. The molecule has 0 saturated heterocycles. The first-order valence-corrected chi connectivity index (χ1v) is 29.5. The zero-order valence-electron chi connectivity index (χ0n) is 46.4. The van der Waals surface area contributed by atoms with Gasteiger partial charge in [-0.3, -0.25) is 0 Å². The summed E-state index contributed by atoms with van der Waals surface area (Å²) in [5.41, 5.74) is 24.3. The van der Waals surface area contributed by atoms with Crippen LogP contribution in [0.25, 0.3) is 49.7 Å². The molecule has 7 heteroatoms. The summed E-state index contributed by atoms with van der Waals surface area (Å²) < 4.78 is 2.39. The molecule has 0 bridgehead atoms. The molecule has 13 aromatic carbocycles. The van der Waals surface area contributed by atoms with Gasteiger partial charge in [-0.25, -0.2) is 0 Å². The number of hydrogen-bond acceptors (Lipinski definition) is 5. The van der Waals surface area contributed by atoms with Crippen molar-refractivity contribution in [2.24, 2.45) is 0 Å². The third kappa shape index (κ3) is 8.42. The van der Waals surface area contributed by atoms with Crippen molar-refractivity contribution in [3.63, 3.8) is 0 Å². The maximum atomic E-state index is 5.73. The van der Waals surface area contributed by atoms with Gasteiger partial charge in [-0.15, -0.1) is 12.6 Å². The van der Waals surface area contributed by atoms with Crippen LogP contribution in [0.5, 0.6) is 0 Å². The lowest BCUT2D eigenvalue weighted by atomic mass is 9.33. The maximum absolute atomic E-state index is 5.73. The number of thiol groups is 1. The highest BCUT2D eigenvalue weighted by Gasteiger charge is 2.45. The van der Waals surface area contributed by atoms with Gasteiger partial charge in [0.05, 0.1) is 33.8 Å². The molecule has 2 aliphatic heterocycles. The van der Waals surface area contributed by atoms with E-state index in [1.807, 2.05) is 0 Å². The minimum atomic E-state index is -0.205. The first kappa shape index (κ1) is 50.0. The van der Waals surface area contributed by atoms with Gasteiger partial charge >= 0.3 is 0 Å². The van der Waals surface area contributed by atoms with Crippen molar-refractivity contribution in [3.8, 4) is 27.9 Å². The quantitative estimate of drug-likeness (QED) is 0.103. The second kappa shape index (κ2) is 20.9. The lowest BCUT2D eigenvalue weighted by Gasteiger charge is -2.45. The molecule has 0 spiro atoms. The Hall–Kier alpha value is -10.7. The Labute approximate surface area is 501 Å². The van der Waals surface area contributed by atoms with Crippen LogP contribution in [-0.4, -0.2) is 11.3 Å². The zero-order chi connectivity index (χ0) is 56.4. The summed E-state index contributed by atoms with van der Waals surface area (Å²) in [5, 5.41) is 2.47. The summed E-state index contributed by atoms with van der Waals surface area (Å²) in [5.74, 6) is 0. The topological polar surface area (TPSA) is 17.9 Å². The fourth-order valence-electron chi connectivity index (χ4n) is 13.4. The number of para-hydroxylation sites is 8. The predicted molar refractivity (Wildman–Crippen MR) is 362 cm³/mol.